The topological polar surface area (TPSA) is 71.3 Å². The van der Waals surface area contributed by atoms with Crippen LogP contribution in [0.4, 0.5) is 5.69 Å². The Morgan fingerprint density at radius 1 is 1.00 bits per heavy atom. The summed E-state index contributed by atoms with van der Waals surface area (Å²) in [5.41, 5.74) is 3.56. The van der Waals surface area contributed by atoms with Gasteiger partial charge in [-0.3, -0.25) is 9.59 Å². The molecule has 0 fully saturated rings. The van der Waals surface area contributed by atoms with Crippen molar-refractivity contribution >= 4 is 17.5 Å². The van der Waals surface area contributed by atoms with Gasteiger partial charge in [-0.1, -0.05) is 36.4 Å². The maximum Gasteiger partial charge on any atom is 0.253 e. The highest BCUT2D eigenvalue weighted by Crippen LogP contribution is 2.35. The van der Waals surface area contributed by atoms with E-state index in [1.807, 2.05) is 18.2 Å². The molecule has 1 heterocycles. The molecule has 2 N–H and O–H groups in total. The second kappa shape index (κ2) is 8.13. The van der Waals surface area contributed by atoms with Crippen LogP contribution in [-0.2, 0) is 17.8 Å². The van der Waals surface area contributed by atoms with E-state index in [0.29, 0.717) is 30.0 Å². The molecule has 2 aromatic carbocycles. The first-order valence-corrected chi connectivity index (χ1v) is 9.48. The number of carbonyl (C=O) groups excluding carboxylic acids is 2. The number of para-hydroxylation sites is 1. The molecule has 0 radical (unpaired) electrons. The van der Waals surface area contributed by atoms with Gasteiger partial charge in [0.25, 0.3) is 5.91 Å². The summed E-state index contributed by atoms with van der Waals surface area (Å²) in [5, 5.41) is 5.74. The number of aryl methyl sites for hydroxylation is 1. The third kappa shape index (κ3) is 3.98. The zero-order chi connectivity index (χ0) is 19.3. The van der Waals surface area contributed by atoms with Gasteiger partial charge in [-0.15, -0.1) is 0 Å². The van der Waals surface area contributed by atoms with Crippen molar-refractivity contribution in [1.29, 1.82) is 0 Å². The van der Waals surface area contributed by atoms with E-state index in [2.05, 4.69) is 22.8 Å². The van der Waals surface area contributed by atoms with Gasteiger partial charge in [0.2, 0.25) is 5.91 Å². The molecular weight excluding hydrogens is 352 g/mol. The molecule has 28 heavy (non-hydrogen) atoms. The number of anilines is 1. The lowest BCUT2D eigenvalue weighted by atomic mass is 9.97. The van der Waals surface area contributed by atoms with E-state index in [1.54, 1.807) is 36.6 Å². The second-order valence-electron chi connectivity index (χ2n) is 6.99. The van der Waals surface area contributed by atoms with Gasteiger partial charge < -0.3 is 15.1 Å². The van der Waals surface area contributed by atoms with Crippen LogP contribution in [0.1, 0.15) is 46.0 Å². The van der Waals surface area contributed by atoms with Crippen LogP contribution in [0.15, 0.2) is 71.3 Å². The molecule has 2 amide bonds. The molecule has 0 spiro atoms. The zero-order valence-electron chi connectivity index (χ0n) is 15.5. The standard InChI is InChI=1S/C23H22N2O3/c26-22(14-17-12-11-16-6-1-2-8-19(16)17)25-21-10-4-3-9-20(21)23(27)24-15-18-7-5-13-28-18/h1-10,13,17H,11-12,14-15H2,(H,24,27)(H,25,26). The van der Waals surface area contributed by atoms with Gasteiger partial charge in [0.1, 0.15) is 5.76 Å². The van der Waals surface area contributed by atoms with E-state index < -0.39 is 0 Å². The number of hydrogen-bond acceptors (Lipinski definition) is 3. The summed E-state index contributed by atoms with van der Waals surface area (Å²) in [4.78, 5) is 25.2. The van der Waals surface area contributed by atoms with Crippen LogP contribution in [-0.4, -0.2) is 11.8 Å². The van der Waals surface area contributed by atoms with Gasteiger partial charge in [0.15, 0.2) is 0 Å². The highest BCUT2D eigenvalue weighted by atomic mass is 16.3. The van der Waals surface area contributed by atoms with Crippen molar-refractivity contribution < 1.29 is 14.0 Å². The molecule has 3 aromatic rings. The van der Waals surface area contributed by atoms with Gasteiger partial charge in [-0.2, -0.15) is 0 Å². The molecule has 4 rings (SSSR count). The van der Waals surface area contributed by atoms with E-state index in [0.717, 1.165) is 12.8 Å². The molecule has 0 aliphatic heterocycles. The van der Waals surface area contributed by atoms with Crippen molar-refractivity contribution in [2.75, 3.05) is 5.32 Å². The van der Waals surface area contributed by atoms with Crippen LogP contribution >= 0.6 is 0 Å². The molecular formula is C23H22N2O3. The summed E-state index contributed by atoms with van der Waals surface area (Å²) >= 11 is 0. The molecule has 0 saturated heterocycles. The molecule has 1 aromatic heterocycles. The fraction of sp³-hybridized carbons (Fsp3) is 0.217. The lowest BCUT2D eigenvalue weighted by Crippen LogP contribution is -2.25. The molecule has 1 aliphatic carbocycles. The minimum atomic E-state index is -0.251. The Bertz CT molecular complexity index is 979. The van der Waals surface area contributed by atoms with Crippen molar-refractivity contribution in [3.8, 4) is 0 Å². The first-order chi connectivity index (χ1) is 13.7. The summed E-state index contributed by atoms with van der Waals surface area (Å²) in [6.45, 7) is 0.299. The average molecular weight is 374 g/mol. The van der Waals surface area contributed by atoms with Crippen LogP contribution in [0, 0.1) is 0 Å². The third-order valence-corrected chi connectivity index (χ3v) is 5.14. The van der Waals surface area contributed by atoms with Crippen molar-refractivity contribution in [3.63, 3.8) is 0 Å². The van der Waals surface area contributed by atoms with Crippen LogP contribution < -0.4 is 10.6 Å². The van der Waals surface area contributed by atoms with Crippen LogP contribution in [0.25, 0.3) is 0 Å². The maximum absolute atomic E-state index is 12.6. The number of fused-ring (bicyclic) bond motifs is 1. The van der Waals surface area contributed by atoms with E-state index in [4.69, 9.17) is 4.42 Å². The zero-order valence-corrected chi connectivity index (χ0v) is 15.5. The average Bonchev–Trinajstić information content (AvgIpc) is 3.37. The Labute approximate surface area is 163 Å². The molecule has 5 nitrogen and oxygen atoms in total. The normalized spacial score (nSPS) is 15.1. The first kappa shape index (κ1) is 18.0. The lowest BCUT2D eigenvalue weighted by molar-refractivity contribution is -0.116. The number of amides is 2. The third-order valence-electron chi connectivity index (χ3n) is 5.14. The largest absolute Gasteiger partial charge is 0.467 e. The molecule has 1 aliphatic rings. The molecule has 0 saturated carbocycles. The Morgan fingerprint density at radius 2 is 1.82 bits per heavy atom. The summed E-state index contributed by atoms with van der Waals surface area (Å²) in [5.74, 6) is 0.581. The Kier molecular flexibility index (Phi) is 5.24. The van der Waals surface area contributed by atoms with Crippen LogP contribution in [0.3, 0.4) is 0 Å². The smallest absolute Gasteiger partial charge is 0.253 e. The first-order valence-electron chi connectivity index (χ1n) is 9.48. The number of benzene rings is 2. The monoisotopic (exact) mass is 374 g/mol. The van der Waals surface area contributed by atoms with Gasteiger partial charge in [-0.25, -0.2) is 0 Å². The molecule has 1 unspecified atom stereocenters. The second-order valence-corrected chi connectivity index (χ2v) is 6.99. The number of rotatable bonds is 6. The highest BCUT2D eigenvalue weighted by molar-refractivity contribution is 6.03. The van der Waals surface area contributed by atoms with Gasteiger partial charge >= 0.3 is 0 Å². The van der Waals surface area contributed by atoms with Crippen molar-refractivity contribution in [3.05, 3.63) is 89.4 Å². The lowest BCUT2D eigenvalue weighted by Gasteiger charge is -2.14. The predicted octanol–water partition coefficient (Wildman–Crippen LogP) is 4.27. The quantitative estimate of drug-likeness (QED) is 0.677. The summed E-state index contributed by atoms with van der Waals surface area (Å²) in [7, 11) is 0. The summed E-state index contributed by atoms with van der Waals surface area (Å²) < 4.78 is 5.23. The van der Waals surface area contributed by atoms with Gasteiger partial charge in [-0.05, 0) is 54.2 Å². The number of nitrogens with one attached hydrogen (secondary N) is 2. The van der Waals surface area contributed by atoms with Crippen LogP contribution in [0.2, 0.25) is 0 Å². The van der Waals surface area contributed by atoms with E-state index in [-0.39, 0.29) is 17.7 Å². The van der Waals surface area contributed by atoms with Crippen LogP contribution in [0.5, 0.6) is 0 Å². The SMILES string of the molecule is O=C(CC1CCc2ccccc21)Nc1ccccc1C(=O)NCc1ccco1. The fourth-order valence-electron chi connectivity index (χ4n) is 3.75. The number of furan rings is 1. The van der Waals surface area contributed by atoms with E-state index >= 15 is 0 Å². The number of carbonyl (C=O) groups is 2. The van der Waals surface area contributed by atoms with E-state index in [1.165, 1.54) is 11.1 Å². The maximum atomic E-state index is 12.6. The minimum absolute atomic E-state index is 0.0759. The predicted molar refractivity (Wildman–Crippen MR) is 107 cm³/mol. The number of hydrogen-bond donors (Lipinski definition) is 2. The minimum Gasteiger partial charge on any atom is -0.467 e. The van der Waals surface area contributed by atoms with Crippen molar-refractivity contribution in [2.45, 2.75) is 31.7 Å². The molecule has 0 bridgehead atoms. The Hall–Kier alpha value is -3.34. The Balaban J connectivity index is 1.41. The molecule has 1 atom stereocenters. The fourth-order valence-corrected chi connectivity index (χ4v) is 3.75. The van der Waals surface area contributed by atoms with E-state index in [9.17, 15) is 9.59 Å². The summed E-state index contributed by atoms with van der Waals surface area (Å²) in [6.07, 6.45) is 3.98. The Morgan fingerprint density at radius 3 is 2.68 bits per heavy atom. The molecule has 142 valence electrons. The molecule has 5 heteroatoms. The summed E-state index contributed by atoms with van der Waals surface area (Å²) in [6, 6.07) is 18.9. The van der Waals surface area contributed by atoms with Crippen molar-refractivity contribution in [2.24, 2.45) is 0 Å². The van der Waals surface area contributed by atoms with Gasteiger partial charge in [0, 0.05) is 6.42 Å². The van der Waals surface area contributed by atoms with Crippen molar-refractivity contribution in [1.82, 2.24) is 5.32 Å². The van der Waals surface area contributed by atoms with Gasteiger partial charge in [0.05, 0.1) is 24.1 Å². The highest BCUT2D eigenvalue weighted by Gasteiger charge is 2.24.